The van der Waals surface area contributed by atoms with Gasteiger partial charge in [-0.15, -0.1) is 0 Å². The summed E-state index contributed by atoms with van der Waals surface area (Å²) in [7, 11) is 1.60. The molecule has 134 valence electrons. The summed E-state index contributed by atoms with van der Waals surface area (Å²) in [5.41, 5.74) is 0.205. The molecule has 0 fully saturated rings. The van der Waals surface area contributed by atoms with Crippen LogP contribution in [0.5, 0.6) is 17.2 Å². The van der Waals surface area contributed by atoms with Crippen molar-refractivity contribution in [2.24, 2.45) is 0 Å². The zero-order valence-corrected chi connectivity index (χ0v) is 14.4. The number of carboxylic acid groups (broad SMARTS) is 1. The van der Waals surface area contributed by atoms with Crippen molar-refractivity contribution < 1.29 is 24.1 Å². The first-order valence-corrected chi connectivity index (χ1v) is 7.78. The fourth-order valence-corrected chi connectivity index (χ4v) is 2.20. The highest BCUT2D eigenvalue weighted by molar-refractivity contribution is 5.72. The first kappa shape index (κ1) is 18.4. The van der Waals surface area contributed by atoms with Gasteiger partial charge in [-0.1, -0.05) is 0 Å². The lowest BCUT2D eigenvalue weighted by Gasteiger charge is -2.17. The number of ether oxygens (including phenoxy) is 3. The number of rotatable bonds is 8. The Morgan fingerprint density at radius 1 is 1.20 bits per heavy atom. The zero-order valence-electron chi connectivity index (χ0n) is 14.4. The van der Waals surface area contributed by atoms with E-state index in [0.29, 0.717) is 24.6 Å². The van der Waals surface area contributed by atoms with Crippen LogP contribution in [0.25, 0.3) is 0 Å². The van der Waals surface area contributed by atoms with Crippen LogP contribution in [-0.4, -0.2) is 35.5 Å². The summed E-state index contributed by atoms with van der Waals surface area (Å²) in [6.45, 7) is 3.95. The van der Waals surface area contributed by atoms with E-state index < -0.39 is 12.1 Å². The van der Waals surface area contributed by atoms with Crippen molar-refractivity contribution in [2.75, 3.05) is 13.7 Å². The van der Waals surface area contributed by atoms with Crippen molar-refractivity contribution in [3.8, 4) is 17.2 Å². The predicted octanol–water partition coefficient (Wildman–Crippen LogP) is 2.10. The molecule has 0 saturated carbocycles. The topological polar surface area (TPSA) is 87.0 Å². The monoisotopic (exact) mass is 347 g/mol. The zero-order chi connectivity index (χ0) is 18.4. The molecule has 0 radical (unpaired) electrons. The van der Waals surface area contributed by atoms with Crippen LogP contribution in [0.4, 0.5) is 0 Å². The van der Waals surface area contributed by atoms with Gasteiger partial charge in [0, 0.05) is 12.3 Å². The van der Waals surface area contributed by atoms with Crippen molar-refractivity contribution in [3.05, 3.63) is 52.4 Å². The lowest BCUT2D eigenvalue weighted by Crippen LogP contribution is -2.27. The third kappa shape index (κ3) is 4.76. The fourth-order valence-electron chi connectivity index (χ4n) is 2.20. The third-order valence-corrected chi connectivity index (χ3v) is 3.69. The number of hydrogen-bond donors (Lipinski definition) is 1. The van der Waals surface area contributed by atoms with Crippen molar-refractivity contribution >= 4 is 5.97 Å². The van der Waals surface area contributed by atoms with Gasteiger partial charge >= 0.3 is 5.97 Å². The smallest absolute Gasteiger partial charge is 0.344 e. The molecule has 1 N–H and O–H groups in total. The summed E-state index contributed by atoms with van der Waals surface area (Å²) in [5.74, 6) is 0.368. The number of nitrogens with zero attached hydrogens (tertiary/aromatic N) is 1. The molecule has 1 atom stereocenters. The van der Waals surface area contributed by atoms with Gasteiger partial charge in [0.2, 0.25) is 5.43 Å². The molecule has 7 nitrogen and oxygen atoms in total. The van der Waals surface area contributed by atoms with Crippen molar-refractivity contribution in [3.63, 3.8) is 0 Å². The van der Waals surface area contributed by atoms with E-state index in [4.69, 9.17) is 19.3 Å². The molecule has 25 heavy (non-hydrogen) atoms. The van der Waals surface area contributed by atoms with E-state index in [1.807, 2.05) is 0 Å². The number of carbonyl (C=O) groups is 1. The maximum atomic E-state index is 11.9. The molecule has 0 saturated heterocycles. The Morgan fingerprint density at radius 3 is 2.44 bits per heavy atom. The van der Waals surface area contributed by atoms with E-state index in [1.165, 1.54) is 13.0 Å². The first-order chi connectivity index (χ1) is 11.9. The molecule has 7 heteroatoms. The minimum Gasteiger partial charge on any atom is -0.497 e. The van der Waals surface area contributed by atoms with Gasteiger partial charge in [0.25, 0.3) is 0 Å². The number of aliphatic carboxylic acids is 1. The second-order valence-corrected chi connectivity index (χ2v) is 5.41. The SMILES string of the molecule is COc1ccc(OCCn2ccc(=O)c(OC(C)C(=O)O)c2C)cc1. The maximum Gasteiger partial charge on any atom is 0.344 e. The van der Waals surface area contributed by atoms with Gasteiger partial charge in [-0.2, -0.15) is 0 Å². The van der Waals surface area contributed by atoms with Gasteiger partial charge in [-0.05, 0) is 38.1 Å². The van der Waals surface area contributed by atoms with E-state index in [1.54, 1.807) is 49.1 Å². The molecule has 1 heterocycles. The van der Waals surface area contributed by atoms with Crippen LogP contribution >= 0.6 is 0 Å². The molecule has 0 spiro atoms. The van der Waals surface area contributed by atoms with Gasteiger partial charge < -0.3 is 23.9 Å². The van der Waals surface area contributed by atoms with E-state index in [-0.39, 0.29) is 11.2 Å². The van der Waals surface area contributed by atoms with Gasteiger partial charge in [-0.3, -0.25) is 4.79 Å². The number of carboxylic acids is 1. The van der Waals surface area contributed by atoms with Crippen LogP contribution in [0.3, 0.4) is 0 Å². The third-order valence-electron chi connectivity index (χ3n) is 3.69. The van der Waals surface area contributed by atoms with Crippen LogP contribution in [-0.2, 0) is 11.3 Å². The normalized spacial score (nSPS) is 11.6. The van der Waals surface area contributed by atoms with Crippen LogP contribution in [0, 0.1) is 6.92 Å². The Balaban J connectivity index is 2.04. The quantitative estimate of drug-likeness (QED) is 0.787. The predicted molar refractivity (Wildman–Crippen MR) is 91.7 cm³/mol. The number of methoxy groups -OCH3 is 1. The van der Waals surface area contributed by atoms with Crippen molar-refractivity contribution in [1.82, 2.24) is 4.57 Å². The summed E-state index contributed by atoms with van der Waals surface area (Å²) in [6, 6.07) is 8.57. The summed E-state index contributed by atoms with van der Waals surface area (Å²) in [5, 5.41) is 8.94. The van der Waals surface area contributed by atoms with Gasteiger partial charge in [-0.25, -0.2) is 4.79 Å². The lowest BCUT2D eigenvalue weighted by atomic mass is 10.3. The van der Waals surface area contributed by atoms with Crippen molar-refractivity contribution in [2.45, 2.75) is 26.5 Å². The second kappa shape index (κ2) is 8.23. The Bertz CT molecular complexity index is 781. The molecule has 1 aromatic heterocycles. The van der Waals surface area contributed by atoms with Gasteiger partial charge in [0.15, 0.2) is 11.9 Å². The molecule has 1 aromatic carbocycles. The summed E-state index contributed by atoms with van der Waals surface area (Å²) < 4.78 is 17.8. The molecular formula is C18H21NO6. The molecule has 1 unspecified atom stereocenters. The maximum absolute atomic E-state index is 11.9. The van der Waals surface area contributed by atoms with Crippen LogP contribution < -0.4 is 19.6 Å². The molecule has 0 amide bonds. The molecular weight excluding hydrogens is 326 g/mol. The van der Waals surface area contributed by atoms with Crippen LogP contribution in [0.1, 0.15) is 12.6 Å². The number of pyridine rings is 1. The average molecular weight is 347 g/mol. The summed E-state index contributed by atoms with van der Waals surface area (Å²) >= 11 is 0. The highest BCUT2D eigenvalue weighted by atomic mass is 16.5. The Hall–Kier alpha value is -2.96. The van der Waals surface area contributed by atoms with Crippen molar-refractivity contribution in [1.29, 1.82) is 0 Å². The Morgan fingerprint density at radius 2 is 1.84 bits per heavy atom. The van der Waals surface area contributed by atoms with E-state index in [0.717, 1.165) is 5.75 Å². The van der Waals surface area contributed by atoms with E-state index >= 15 is 0 Å². The minimum atomic E-state index is -1.13. The largest absolute Gasteiger partial charge is 0.497 e. The van der Waals surface area contributed by atoms with Gasteiger partial charge in [0.05, 0.1) is 19.3 Å². The second-order valence-electron chi connectivity index (χ2n) is 5.41. The van der Waals surface area contributed by atoms with Crippen LogP contribution in [0.15, 0.2) is 41.3 Å². The Kier molecular flexibility index (Phi) is 6.05. The minimum absolute atomic E-state index is 0.0434. The molecule has 2 aromatic rings. The average Bonchev–Trinajstić information content (AvgIpc) is 2.60. The summed E-state index contributed by atoms with van der Waals surface area (Å²) in [4.78, 5) is 22.9. The highest BCUT2D eigenvalue weighted by Crippen LogP contribution is 2.17. The number of hydrogen-bond acceptors (Lipinski definition) is 5. The first-order valence-electron chi connectivity index (χ1n) is 7.78. The fraction of sp³-hybridized carbons (Fsp3) is 0.333. The summed E-state index contributed by atoms with van der Waals surface area (Å²) in [6.07, 6.45) is 0.533. The number of aromatic nitrogens is 1. The molecule has 0 aliphatic carbocycles. The molecule has 0 aliphatic rings. The molecule has 2 rings (SSSR count). The number of benzene rings is 1. The molecule has 0 aliphatic heterocycles. The van der Waals surface area contributed by atoms with Crippen LogP contribution in [0.2, 0.25) is 0 Å². The standard InChI is InChI=1S/C18H21NO6/c1-12-17(25-13(2)18(21)22)16(20)8-9-19(12)10-11-24-15-6-4-14(23-3)5-7-15/h4-9,13H,10-11H2,1-3H3,(H,21,22). The highest BCUT2D eigenvalue weighted by Gasteiger charge is 2.17. The molecule has 0 bridgehead atoms. The van der Waals surface area contributed by atoms with E-state index in [9.17, 15) is 9.59 Å². The van der Waals surface area contributed by atoms with Gasteiger partial charge in [0.1, 0.15) is 18.1 Å². The van der Waals surface area contributed by atoms with E-state index in [2.05, 4.69) is 0 Å². The lowest BCUT2D eigenvalue weighted by molar-refractivity contribution is -0.144. The Labute approximate surface area is 145 Å².